The fourth-order valence-corrected chi connectivity index (χ4v) is 2.18. The first-order chi connectivity index (χ1) is 7.50. The Morgan fingerprint density at radius 3 is 2.94 bits per heavy atom. The van der Waals surface area contributed by atoms with E-state index in [0.29, 0.717) is 19.3 Å². The van der Waals surface area contributed by atoms with E-state index >= 15 is 0 Å². The van der Waals surface area contributed by atoms with E-state index in [1.165, 1.54) is 0 Å². The number of rotatable bonds is 5. The molecule has 1 aliphatic carbocycles. The number of hydrogen-bond acceptors (Lipinski definition) is 4. The van der Waals surface area contributed by atoms with Gasteiger partial charge in [0.1, 0.15) is 5.78 Å². The minimum absolute atomic E-state index is 0.0427. The molecule has 0 radical (unpaired) electrons. The van der Waals surface area contributed by atoms with Gasteiger partial charge in [-0.3, -0.25) is 4.79 Å². The number of allylic oxidation sites excluding steroid dienone is 1. The summed E-state index contributed by atoms with van der Waals surface area (Å²) in [6.07, 6.45) is 4.41. The molecule has 4 nitrogen and oxygen atoms in total. The van der Waals surface area contributed by atoms with E-state index in [1.54, 1.807) is 19.1 Å². The van der Waals surface area contributed by atoms with Crippen molar-refractivity contribution >= 4 is 11.8 Å². The fraction of sp³-hybridized carbons (Fsp3) is 0.667. The van der Waals surface area contributed by atoms with Crippen LogP contribution in [0.25, 0.3) is 0 Å². The number of aliphatic carboxylic acids is 1. The lowest BCUT2D eigenvalue weighted by Gasteiger charge is -2.17. The molecule has 1 rings (SSSR count). The zero-order valence-electron chi connectivity index (χ0n) is 9.39. The van der Waals surface area contributed by atoms with Crippen LogP contribution in [0.1, 0.15) is 32.6 Å². The zero-order valence-corrected chi connectivity index (χ0v) is 9.39. The monoisotopic (exact) mass is 225 g/mol. The fourth-order valence-electron chi connectivity index (χ4n) is 2.18. The van der Waals surface area contributed by atoms with Gasteiger partial charge in [-0.05, 0) is 32.1 Å². The number of aliphatic hydroxyl groups is 1. The van der Waals surface area contributed by atoms with Crippen LogP contribution < -0.4 is 5.11 Å². The van der Waals surface area contributed by atoms with Crippen LogP contribution in [0.15, 0.2) is 12.2 Å². The molecule has 0 aliphatic heterocycles. The van der Waals surface area contributed by atoms with E-state index in [9.17, 15) is 14.7 Å². The molecule has 0 bridgehead atoms. The van der Waals surface area contributed by atoms with Gasteiger partial charge < -0.3 is 15.0 Å². The summed E-state index contributed by atoms with van der Waals surface area (Å²) in [5.74, 6) is -1.28. The second kappa shape index (κ2) is 5.80. The lowest BCUT2D eigenvalue weighted by Crippen LogP contribution is -2.27. The van der Waals surface area contributed by atoms with E-state index in [4.69, 9.17) is 5.11 Å². The summed E-state index contributed by atoms with van der Waals surface area (Å²) in [7, 11) is 0. The topological polar surface area (TPSA) is 77.4 Å². The summed E-state index contributed by atoms with van der Waals surface area (Å²) in [6.45, 7) is 1.63. The standard InChI is InChI=1S/C12H18O4/c1-8(13)3-2-4-10-9(7-12(15)16)5-6-11(10)14/h2-3,8-10,13H,4-7H2,1H3,(H,15,16)/p-1/b3-2-/t8?,9-,10-/m1/s1. The van der Waals surface area contributed by atoms with E-state index in [-0.39, 0.29) is 24.0 Å². The summed E-state index contributed by atoms with van der Waals surface area (Å²) in [5.41, 5.74) is 0. The van der Waals surface area contributed by atoms with Crippen LogP contribution in [0.4, 0.5) is 0 Å². The predicted octanol–water partition coefficient (Wildman–Crippen LogP) is 0.0488. The first-order valence-corrected chi connectivity index (χ1v) is 5.58. The normalized spacial score (nSPS) is 27.5. The Morgan fingerprint density at radius 2 is 2.38 bits per heavy atom. The molecule has 0 amide bonds. The average Bonchev–Trinajstić information content (AvgIpc) is 2.48. The van der Waals surface area contributed by atoms with Gasteiger partial charge >= 0.3 is 0 Å². The van der Waals surface area contributed by atoms with Crippen LogP contribution in [-0.4, -0.2) is 23.0 Å². The molecule has 0 heterocycles. The summed E-state index contributed by atoms with van der Waals surface area (Å²) < 4.78 is 0. The molecule has 1 unspecified atom stereocenters. The molecule has 0 spiro atoms. The lowest BCUT2D eigenvalue weighted by atomic mass is 9.89. The Morgan fingerprint density at radius 1 is 1.69 bits per heavy atom. The molecule has 0 saturated heterocycles. The molecule has 3 atom stereocenters. The maximum atomic E-state index is 11.5. The van der Waals surface area contributed by atoms with Crippen molar-refractivity contribution in [3.63, 3.8) is 0 Å². The highest BCUT2D eigenvalue weighted by Gasteiger charge is 2.33. The van der Waals surface area contributed by atoms with Crippen molar-refractivity contribution in [1.29, 1.82) is 0 Å². The van der Waals surface area contributed by atoms with Gasteiger partial charge in [-0.1, -0.05) is 12.2 Å². The SMILES string of the molecule is CC(O)/C=C\C[C@H]1C(=O)CC[C@@H]1CC(=O)[O-]. The van der Waals surface area contributed by atoms with Crippen molar-refractivity contribution in [3.8, 4) is 0 Å². The summed E-state index contributed by atoms with van der Waals surface area (Å²) >= 11 is 0. The third-order valence-electron chi connectivity index (χ3n) is 2.98. The van der Waals surface area contributed by atoms with E-state index in [1.807, 2.05) is 0 Å². The summed E-state index contributed by atoms with van der Waals surface area (Å²) in [4.78, 5) is 22.0. The van der Waals surface area contributed by atoms with Crippen molar-refractivity contribution in [2.45, 2.75) is 38.7 Å². The zero-order chi connectivity index (χ0) is 12.1. The number of aliphatic hydroxyl groups excluding tert-OH is 1. The molecule has 1 saturated carbocycles. The van der Waals surface area contributed by atoms with Crippen molar-refractivity contribution < 1.29 is 19.8 Å². The van der Waals surface area contributed by atoms with Crippen LogP contribution in [-0.2, 0) is 9.59 Å². The number of carboxylic acids is 1. The van der Waals surface area contributed by atoms with Crippen LogP contribution in [0.3, 0.4) is 0 Å². The Labute approximate surface area is 95.0 Å². The summed E-state index contributed by atoms with van der Waals surface area (Å²) in [5, 5.41) is 19.5. The molecule has 16 heavy (non-hydrogen) atoms. The number of carbonyl (C=O) groups is 2. The molecule has 0 aromatic rings. The average molecular weight is 225 g/mol. The van der Waals surface area contributed by atoms with Crippen molar-refractivity contribution in [2.75, 3.05) is 0 Å². The predicted molar refractivity (Wildman–Crippen MR) is 56.3 cm³/mol. The highest BCUT2D eigenvalue weighted by atomic mass is 16.4. The van der Waals surface area contributed by atoms with Gasteiger partial charge in [0.2, 0.25) is 0 Å². The van der Waals surface area contributed by atoms with Crippen molar-refractivity contribution in [3.05, 3.63) is 12.2 Å². The highest BCUT2D eigenvalue weighted by Crippen LogP contribution is 2.33. The Balaban J connectivity index is 2.53. The molecular formula is C12H17O4-. The van der Waals surface area contributed by atoms with Crippen LogP contribution in [0.2, 0.25) is 0 Å². The highest BCUT2D eigenvalue weighted by molar-refractivity contribution is 5.84. The second-order valence-electron chi connectivity index (χ2n) is 4.35. The Kier molecular flexibility index (Phi) is 4.68. The van der Waals surface area contributed by atoms with Gasteiger partial charge in [0.25, 0.3) is 0 Å². The van der Waals surface area contributed by atoms with Crippen LogP contribution in [0, 0.1) is 11.8 Å². The third-order valence-corrected chi connectivity index (χ3v) is 2.98. The molecular weight excluding hydrogens is 208 g/mol. The molecule has 0 aromatic carbocycles. The van der Waals surface area contributed by atoms with Gasteiger partial charge in [0, 0.05) is 18.3 Å². The minimum Gasteiger partial charge on any atom is -0.550 e. The molecule has 1 fully saturated rings. The quantitative estimate of drug-likeness (QED) is 0.670. The maximum Gasteiger partial charge on any atom is 0.136 e. The number of Topliss-reactive ketones (excluding diaryl/α,β-unsaturated/α-hetero) is 1. The molecule has 1 aliphatic rings. The number of ketones is 1. The largest absolute Gasteiger partial charge is 0.550 e. The Hall–Kier alpha value is -1.16. The van der Waals surface area contributed by atoms with E-state index < -0.39 is 12.1 Å². The molecule has 0 aromatic heterocycles. The van der Waals surface area contributed by atoms with Gasteiger partial charge in [-0.2, -0.15) is 0 Å². The van der Waals surface area contributed by atoms with Gasteiger partial charge in [0.05, 0.1) is 6.10 Å². The molecule has 4 heteroatoms. The first-order valence-electron chi connectivity index (χ1n) is 5.58. The number of hydrogen-bond donors (Lipinski definition) is 1. The summed E-state index contributed by atoms with van der Waals surface area (Å²) in [6, 6.07) is 0. The van der Waals surface area contributed by atoms with Gasteiger partial charge in [-0.25, -0.2) is 0 Å². The molecule has 90 valence electrons. The Bertz CT molecular complexity index is 293. The van der Waals surface area contributed by atoms with E-state index in [0.717, 1.165) is 0 Å². The minimum atomic E-state index is -1.09. The smallest absolute Gasteiger partial charge is 0.136 e. The first kappa shape index (κ1) is 12.9. The maximum absolute atomic E-state index is 11.5. The molecule has 1 N–H and O–H groups in total. The second-order valence-corrected chi connectivity index (χ2v) is 4.35. The van der Waals surface area contributed by atoms with Crippen LogP contribution >= 0.6 is 0 Å². The van der Waals surface area contributed by atoms with Gasteiger partial charge in [0.15, 0.2) is 0 Å². The number of carboxylic acid groups (broad SMARTS) is 1. The van der Waals surface area contributed by atoms with Gasteiger partial charge in [-0.15, -0.1) is 0 Å². The lowest BCUT2D eigenvalue weighted by molar-refractivity contribution is -0.307. The third kappa shape index (κ3) is 3.77. The van der Waals surface area contributed by atoms with Crippen molar-refractivity contribution in [1.82, 2.24) is 0 Å². The van der Waals surface area contributed by atoms with E-state index in [2.05, 4.69) is 0 Å². The number of carbonyl (C=O) groups excluding carboxylic acids is 2. The van der Waals surface area contributed by atoms with Crippen LogP contribution in [0.5, 0.6) is 0 Å². The van der Waals surface area contributed by atoms with Crippen molar-refractivity contribution in [2.24, 2.45) is 11.8 Å².